The average Bonchev–Trinajstić information content (AvgIpc) is 2.73. The first kappa shape index (κ1) is 15.4. The molecule has 116 valence electrons. The van der Waals surface area contributed by atoms with E-state index < -0.39 is 15.7 Å². The number of nitrogens with one attached hydrogen (secondary N) is 2. The Hall–Kier alpha value is -1.94. The van der Waals surface area contributed by atoms with Crippen molar-refractivity contribution in [3.05, 3.63) is 12.4 Å². The molecule has 1 saturated heterocycles. The van der Waals surface area contributed by atoms with Crippen molar-refractivity contribution in [3.63, 3.8) is 0 Å². The Balaban J connectivity index is 1.87. The summed E-state index contributed by atoms with van der Waals surface area (Å²) in [5, 5.41) is 9.47. The van der Waals surface area contributed by atoms with E-state index in [1.54, 1.807) is 0 Å². The van der Waals surface area contributed by atoms with Crippen molar-refractivity contribution in [1.29, 1.82) is 0 Å². The van der Waals surface area contributed by atoms with Gasteiger partial charge < -0.3 is 16.4 Å². The van der Waals surface area contributed by atoms with E-state index in [0.29, 0.717) is 12.2 Å². The molecular weight excluding hydrogens is 298 g/mol. The van der Waals surface area contributed by atoms with Crippen LogP contribution in [0, 0.1) is 0 Å². The van der Waals surface area contributed by atoms with Crippen LogP contribution < -0.4 is 16.4 Å². The van der Waals surface area contributed by atoms with Gasteiger partial charge in [-0.05, 0) is 0 Å². The SMILES string of the molecule is NC(=O)Cn1cc(NC(=O)CC2CS(=O)(=O)CCN2)cn1. The summed E-state index contributed by atoms with van der Waals surface area (Å²) in [4.78, 5) is 22.6. The van der Waals surface area contributed by atoms with E-state index in [9.17, 15) is 18.0 Å². The largest absolute Gasteiger partial charge is 0.368 e. The molecule has 2 rings (SSSR count). The van der Waals surface area contributed by atoms with Gasteiger partial charge in [0.25, 0.3) is 0 Å². The Morgan fingerprint density at radius 1 is 1.52 bits per heavy atom. The summed E-state index contributed by atoms with van der Waals surface area (Å²) < 4.78 is 24.3. The summed E-state index contributed by atoms with van der Waals surface area (Å²) in [5.41, 5.74) is 5.46. The highest BCUT2D eigenvalue weighted by atomic mass is 32.2. The molecule has 0 aromatic carbocycles. The maximum atomic E-state index is 11.8. The fourth-order valence-corrected chi connectivity index (χ4v) is 3.55. The number of hydrogen-bond donors (Lipinski definition) is 3. The third-order valence-corrected chi connectivity index (χ3v) is 4.70. The van der Waals surface area contributed by atoms with Crippen molar-refractivity contribution >= 4 is 27.3 Å². The number of rotatable bonds is 5. The molecule has 1 unspecified atom stereocenters. The van der Waals surface area contributed by atoms with Crippen molar-refractivity contribution < 1.29 is 18.0 Å². The number of nitrogens with two attached hydrogens (primary N) is 1. The average molecular weight is 315 g/mol. The highest BCUT2D eigenvalue weighted by Gasteiger charge is 2.26. The molecule has 21 heavy (non-hydrogen) atoms. The summed E-state index contributed by atoms with van der Waals surface area (Å²) >= 11 is 0. The summed E-state index contributed by atoms with van der Waals surface area (Å²) in [5.74, 6) is -0.789. The molecule has 0 saturated carbocycles. The van der Waals surface area contributed by atoms with Crippen molar-refractivity contribution in [1.82, 2.24) is 15.1 Å². The molecule has 9 nitrogen and oxygen atoms in total. The van der Waals surface area contributed by atoms with E-state index in [4.69, 9.17) is 5.73 Å². The number of primary amides is 1. The lowest BCUT2D eigenvalue weighted by Crippen LogP contribution is -2.46. The number of sulfone groups is 1. The van der Waals surface area contributed by atoms with Crippen LogP contribution in [-0.4, -0.2) is 54.1 Å². The van der Waals surface area contributed by atoms with Gasteiger partial charge in [-0.25, -0.2) is 8.42 Å². The van der Waals surface area contributed by atoms with Crippen LogP contribution in [0.25, 0.3) is 0 Å². The molecular formula is C11H17N5O4S. The van der Waals surface area contributed by atoms with E-state index >= 15 is 0 Å². The van der Waals surface area contributed by atoms with Crippen LogP contribution in [0.3, 0.4) is 0 Å². The van der Waals surface area contributed by atoms with E-state index in [0.717, 1.165) is 0 Å². The summed E-state index contributed by atoms with van der Waals surface area (Å²) in [6.45, 7) is 0.287. The van der Waals surface area contributed by atoms with E-state index in [1.165, 1.54) is 17.1 Å². The molecule has 1 aromatic rings. The van der Waals surface area contributed by atoms with Gasteiger partial charge in [-0.3, -0.25) is 14.3 Å². The molecule has 0 spiro atoms. The lowest BCUT2D eigenvalue weighted by molar-refractivity contribution is -0.119. The summed E-state index contributed by atoms with van der Waals surface area (Å²) in [6.07, 6.45) is 2.93. The first-order chi connectivity index (χ1) is 9.84. The Bertz CT molecular complexity index is 639. The number of nitrogens with zero attached hydrogens (tertiary/aromatic N) is 2. The Labute approximate surface area is 121 Å². The monoisotopic (exact) mass is 315 g/mol. The third kappa shape index (κ3) is 4.83. The second kappa shape index (κ2) is 6.22. The lowest BCUT2D eigenvalue weighted by atomic mass is 10.2. The van der Waals surface area contributed by atoms with Gasteiger partial charge >= 0.3 is 0 Å². The third-order valence-electron chi connectivity index (χ3n) is 2.97. The first-order valence-corrected chi connectivity index (χ1v) is 8.20. The molecule has 1 aliphatic heterocycles. The van der Waals surface area contributed by atoms with Crippen LogP contribution >= 0.6 is 0 Å². The predicted molar refractivity (Wildman–Crippen MR) is 75.1 cm³/mol. The summed E-state index contributed by atoms with van der Waals surface area (Å²) in [6, 6.07) is -0.385. The predicted octanol–water partition coefficient (Wildman–Crippen LogP) is -1.92. The van der Waals surface area contributed by atoms with Crippen molar-refractivity contribution in [2.75, 3.05) is 23.4 Å². The molecule has 0 radical (unpaired) electrons. The van der Waals surface area contributed by atoms with Gasteiger partial charge in [0.15, 0.2) is 9.84 Å². The van der Waals surface area contributed by atoms with E-state index in [2.05, 4.69) is 15.7 Å². The molecule has 10 heteroatoms. The highest BCUT2D eigenvalue weighted by Crippen LogP contribution is 2.09. The number of amides is 2. The van der Waals surface area contributed by atoms with Gasteiger partial charge in [0.1, 0.15) is 6.54 Å². The van der Waals surface area contributed by atoms with Crippen molar-refractivity contribution in [2.24, 2.45) is 5.73 Å². The molecule has 2 amide bonds. The topological polar surface area (TPSA) is 136 Å². The second-order valence-electron chi connectivity index (χ2n) is 4.91. The zero-order valence-electron chi connectivity index (χ0n) is 11.3. The zero-order chi connectivity index (χ0) is 15.5. The number of aromatic nitrogens is 2. The van der Waals surface area contributed by atoms with Crippen molar-refractivity contribution in [3.8, 4) is 0 Å². The van der Waals surface area contributed by atoms with Crippen LogP contribution in [0.5, 0.6) is 0 Å². The van der Waals surface area contributed by atoms with Crippen LogP contribution in [0.1, 0.15) is 6.42 Å². The smallest absolute Gasteiger partial charge is 0.239 e. The Morgan fingerprint density at radius 2 is 2.29 bits per heavy atom. The minimum Gasteiger partial charge on any atom is -0.368 e. The Kier molecular flexibility index (Phi) is 4.58. The van der Waals surface area contributed by atoms with Gasteiger partial charge in [-0.1, -0.05) is 0 Å². The molecule has 1 aromatic heterocycles. The van der Waals surface area contributed by atoms with Gasteiger partial charge in [-0.2, -0.15) is 5.10 Å². The minimum atomic E-state index is -3.07. The molecule has 0 bridgehead atoms. The van der Waals surface area contributed by atoms with Crippen LogP contribution in [0.2, 0.25) is 0 Å². The quantitative estimate of drug-likeness (QED) is 0.579. The van der Waals surface area contributed by atoms with Gasteiger partial charge in [0, 0.05) is 25.2 Å². The number of hydrogen-bond acceptors (Lipinski definition) is 6. The van der Waals surface area contributed by atoms with Crippen LogP contribution in [0.15, 0.2) is 12.4 Å². The van der Waals surface area contributed by atoms with Gasteiger partial charge in [0.2, 0.25) is 11.8 Å². The van der Waals surface area contributed by atoms with Gasteiger partial charge in [-0.15, -0.1) is 0 Å². The number of carbonyl (C=O) groups excluding carboxylic acids is 2. The second-order valence-corrected chi connectivity index (χ2v) is 7.14. The molecule has 1 fully saturated rings. The maximum Gasteiger partial charge on any atom is 0.239 e. The molecule has 4 N–H and O–H groups in total. The number of carbonyl (C=O) groups is 2. The van der Waals surface area contributed by atoms with E-state index in [-0.39, 0.29) is 36.4 Å². The summed E-state index contributed by atoms with van der Waals surface area (Å²) in [7, 11) is -3.07. The highest BCUT2D eigenvalue weighted by molar-refractivity contribution is 7.91. The lowest BCUT2D eigenvalue weighted by Gasteiger charge is -2.22. The maximum absolute atomic E-state index is 11.8. The van der Waals surface area contributed by atoms with Crippen LogP contribution in [0.4, 0.5) is 5.69 Å². The normalized spacial score (nSPS) is 20.9. The fourth-order valence-electron chi connectivity index (χ4n) is 2.11. The van der Waals surface area contributed by atoms with Crippen molar-refractivity contribution in [2.45, 2.75) is 19.0 Å². The molecule has 1 atom stereocenters. The molecule has 0 aliphatic carbocycles. The minimum absolute atomic E-state index is 0.0403. The van der Waals surface area contributed by atoms with Crippen LogP contribution in [-0.2, 0) is 26.0 Å². The molecule has 2 heterocycles. The first-order valence-electron chi connectivity index (χ1n) is 6.38. The number of anilines is 1. The van der Waals surface area contributed by atoms with E-state index in [1.807, 2.05) is 0 Å². The zero-order valence-corrected chi connectivity index (χ0v) is 12.1. The van der Waals surface area contributed by atoms with Gasteiger partial charge in [0.05, 0.1) is 23.4 Å². The molecule has 1 aliphatic rings. The Morgan fingerprint density at radius 3 is 2.95 bits per heavy atom. The fraction of sp³-hybridized carbons (Fsp3) is 0.545. The standard InChI is InChI=1S/C11H17N5O4S/c12-10(17)6-16-5-9(4-14-16)15-11(18)3-8-7-21(19,20)2-1-13-8/h4-5,8,13H,1-3,6-7H2,(H2,12,17)(H,15,18).